The number of likely N-dealkylation sites (N-methyl/N-ethyl adjacent to an activating group) is 1. The molecule has 0 N–H and O–H groups in total. The molecule has 0 aromatic rings. The molecule has 11 heteroatoms. The highest BCUT2D eigenvalue weighted by Gasteiger charge is 2.53. The molecule has 0 aliphatic carbocycles. The Morgan fingerprint density at radius 2 is 1.26 bits per heavy atom. The molecule has 39 heavy (non-hydrogen) atoms. The van der Waals surface area contributed by atoms with Crippen LogP contribution in [0.1, 0.15) is 79.1 Å². The molecule has 11 nitrogen and oxygen atoms in total. The number of nitrogens with zero attached hydrogens (tertiary/aromatic N) is 1. The van der Waals surface area contributed by atoms with Crippen molar-refractivity contribution >= 4 is 23.9 Å². The topological polar surface area (TPSA) is 127 Å². The zero-order valence-corrected chi connectivity index (χ0v) is 24.0. The highest BCUT2D eigenvalue weighted by Crippen LogP contribution is 2.31. The van der Waals surface area contributed by atoms with Gasteiger partial charge in [-0.05, 0) is 32.7 Å². The molecule has 0 aromatic carbocycles. The van der Waals surface area contributed by atoms with Gasteiger partial charge in [0.1, 0.15) is 12.7 Å². The minimum atomic E-state index is -1.25. The zero-order chi connectivity index (χ0) is 29.2. The second kappa shape index (κ2) is 19.4. The van der Waals surface area contributed by atoms with Gasteiger partial charge in [0.2, 0.25) is 0 Å². The molecule has 1 rings (SSSR count). The van der Waals surface area contributed by atoms with Gasteiger partial charge in [0.25, 0.3) is 0 Å². The van der Waals surface area contributed by atoms with E-state index in [1.807, 2.05) is 39.6 Å². The van der Waals surface area contributed by atoms with E-state index in [2.05, 4.69) is 5.92 Å². The van der Waals surface area contributed by atoms with Crippen molar-refractivity contribution in [2.75, 3.05) is 33.4 Å². The molecule has 0 saturated carbocycles. The Labute approximate surface area is 232 Å². The molecule has 0 radical (unpaired) electrons. The molecule has 0 spiro atoms. The van der Waals surface area contributed by atoms with Gasteiger partial charge in [0, 0.05) is 32.2 Å². The Balaban J connectivity index is 3.39. The van der Waals surface area contributed by atoms with E-state index in [9.17, 15) is 19.2 Å². The van der Waals surface area contributed by atoms with Crippen molar-refractivity contribution in [2.24, 2.45) is 0 Å². The van der Waals surface area contributed by atoms with Gasteiger partial charge >= 0.3 is 23.9 Å². The lowest BCUT2D eigenvalue weighted by molar-refractivity contribution is -0.309. The van der Waals surface area contributed by atoms with Crippen LogP contribution in [0.4, 0.5) is 0 Å². The average molecular weight is 556 g/mol. The normalized spacial score (nSPS) is 22.5. The quantitative estimate of drug-likeness (QED) is 0.141. The molecular formula is C28H45NO10. The van der Waals surface area contributed by atoms with Gasteiger partial charge in [-0.3, -0.25) is 24.1 Å². The second-order valence-electron chi connectivity index (χ2n) is 9.40. The van der Waals surface area contributed by atoms with Gasteiger partial charge in [0.05, 0.1) is 13.2 Å². The summed E-state index contributed by atoms with van der Waals surface area (Å²) in [5, 5.41) is 0. The van der Waals surface area contributed by atoms with E-state index in [0.29, 0.717) is 38.8 Å². The van der Waals surface area contributed by atoms with Crippen LogP contribution in [0.2, 0.25) is 0 Å². The molecule has 1 aliphatic heterocycles. The first kappa shape index (κ1) is 34.3. The van der Waals surface area contributed by atoms with Crippen LogP contribution in [-0.2, 0) is 47.6 Å². The Morgan fingerprint density at radius 3 is 1.77 bits per heavy atom. The predicted octanol–water partition coefficient (Wildman–Crippen LogP) is 2.77. The third-order valence-corrected chi connectivity index (χ3v) is 5.74. The maximum Gasteiger partial charge on any atom is 0.306 e. The van der Waals surface area contributed by atoms with Crippen molar-refractivity contribution in [3.05, 3.63) is 0 Å². The number of terminal acetylenes is 1. The van der Waals surface area contributed by atoms with E-state index >= 15 is 0 Å². The fourth-order valence-corrected chi connectivity index (χ4v) is 3.80. The highest BCUT2D eigenvalue weighted by molar-refractivity contribution is 5.72. The average Bonchev–Trinajstić information content (AvgIpc) is 2.87. The third-order valence-electron chi connectivity index (χ3n) is 5.74. The maximum atomic E-state index is 12.7. The molecule has 0 bridgehead atoms. The van der Waals surface area contributed by atoms with Gasteiger partial charge < -0.3 is 28.4 Å². The van der Waals surface area contributed by atoms with E-state index in [-0.39, 0.29) is 38.9 Å². The fraction of sp³-hybridized carbons (Fsp3) is 0.786. The van der Waals surface area contributed by atoms with Crippen molar-refractivity contribution < 1.29 is 47.6 Å². The standard InChI is InChI=1S/C28H45NO10/c1-7-12-21(30)35-19-20-25(37-22(31)13-8-2)26(38-23(32)14-9-3)27(39-24(33)15-10-4)28(36-20)34-18-17-29(6)16-11-5/h5,20,25-28H,7-10,12-19H2,1-4,6H3. The lowest BCUT2D eigenvalue weighted by Gasteiger charge is -2.44. The number of carbonyl (C=O) groups excluding carboxylic acids is 4. The Morgan fingerprint density at radius 1 is 0.769 bits per heavy atom. The summed E-state index contributed by atoms with van der Waals surface area (Å²) >= 11 is 0. The Kier molecular flexibility index (Phi) is 17.1. The van der Waals surface area contributed by atoms with E-state index in [1.165, 1.54) is 0 Å². The number of carbonyl (C=O) groups is 4. The summed E-state index contributed by atoms with van der Waals surface area (Å²) in [6.45, 7) is 7.99. The van der Waals surface area contributed by atoms with Gasteiger partial charge in [-0.2, -0.15) is 0 Å². The summed E-state index contributed by atoms with van der Waals surface area (Å²) in [4.78, 5) is 51.8. The first-order valence-corrected chi connectivity index (χ1v) is 13.8. The first-order valence-electron chi connectivity index (χ1n) is 13.8. The SMILES string of the molecule is C#CCN(C)CCOC1OC(COC(=O)CCC)C(OC(=O)CCC)C(OC(=O)CCC)C1OC(=O)CCC. The minimum absolute atomic E-state index is 0.0984. The number of esters is 4. The monoisotopic (exact) mass is 555 g/mol. The minimum Gasteiger partial charge on any atom is -0.463 e. The van der Waals surface area contributed by atoms with Gasteiger partial charge in [0.15, 0.2) is 24.6 Å². The van der Waals surface area contributed by atoms with Crippen LogP contribution < -0.4 is 0 Å². The molecular weight excluding hydrogens is 510 g/mol. The van der Waals surface area contributed by atoms with Gasteiger partial charge in [-0.1, -0.05) is 33.6 Å². The van der Waals surface area contributed by atoms with Crippen LogP contribution >= 0.6 is 0 Å². The van der Waals surface area contributed by atoms with Gasteiger partial charge in [-0.25, -0.2) is 0 Å². The molecule has 0 amide bonds. The lowest BCUT2D eigenvalue weighted by atomic mass is 9.98. The second-order valence-corrected chi connectivity index (χ2v) is 9.40. The smallest absolute Gasteiger partial charge is 0.306 e. The molecule has 1 saturated heterocycles. The largest absolute Gasteiger partial charge is 0.463 e. The van der Waals surface area contributed by atoms with Crippen molar-refractivity contribution in [1.82, 2.24) is 4.90 Å². The van der Waals surface area contributed by atoms with E-state index in [4.69, 9.17) is 34.8 Å². The zero-order valence-electron chi connectivity index (χ0n) is 24.0. The first-order chi connectivity index (χ1) is 18.7. The van der Waals surface area contributed by atoms with E-state index in [0.717, 1.165) is 0 Å². The summed E-state index contributed by atoms with van der Waals surface area (Å²) < 4.78 is 34.7. The van der Waals surface area contributed by atoms with Gasteiger partial charge in [-0.15, -0.1) is 6.42 Å². The number of rotatable bonds is 18. The van der Waals surface area contributed by atoms with E-state index in [1.54, 1.807) is 0 Å². The van der Waals surface area contributed by atoms with Crippen molar-refractivity contribution in [2.45, 2.75) is 110 Å². The highest BCUT2D eigenvalue weighted by atomic mass is 16.7. The summed E-state index contributed by atoms with van der Waals surface area (Å²) in [6.07, 6.45) is 2.11. The van der Waals surface area contributed by atoms with Crippen molar-refractivity contribution in [3.63, 3.8) is 0 Å². The van der Waals surface area contributed by atoms with Crippen LogP contribution in [0.15, 0.2) is 0 Å². The van der Waals surface area contributed by atoms with Crippen LogP contribution in [0, 0.1) is 12.3 Å². The summed E-state index contributed by atoms with van der Waals surface area (Å²) in [5.41, 5.74) is 0. The van der Waals surface area contributed by atoms with Crippen LogP contribution in [0.3, 0.4) is 0 Å². The van der Waals surface area contributed by atoms with Crippen LogP contribution in [0.25, 0.3) is 0 Å². The van der Waals surface area contributed by atoms with E-state index < -0.39 is 54.6 Å². The van der Waals surface area contributed by atoms with Crippen LogP contribution in [0.5, 0.6) is 0 Å². The fourth-order valence-electron chi connectivity index (χ4n) is 3.80. The predicted molar refractivity (Wildman–Crippen MR) is 141 cm³/mol. The molecule has 1 aliphatic rings. The summed E-state index contributed by atoms with van der Waals surface area (Å²) in [6, 6.07) is 0. The molecule has 1 fully saturated rings. The summed E-state index contributed by atoms with van der Waals surface area (Å²) in [7, 11) is 1.82. The molecule has 5 atom stereocenters. The third kappa shape index (κ3) is 12.8. The molecule has 5 unspecified atom stereocenters. The molecule has 1 heterocycles. The molecule has 0 aromatic heterocycles. The lowest BCUT2D eigenvalue weighted by Crippen LogP contribution is -2.63. The summed E-state index contributed by atoms with van der Waals surface area (Å²) in [5.74, 6) is 0.419. The van der Waals surface area contributed by atoms with Crippen molar-refractivity contribution in [1.29, 1.82) is 0 Å². The van der Waals surface area contributed by atoms with Crippen molar-refractivity contribution in [3.8, 4) is 12.3 Å². The molecule has 222 valence electrons. The van der Waals surface area contributed by atoms with Crippen LogP contribution in [-0.4, -0.2) is 92.8 Å². The maximum absolute atomic E-state index is 12.7. The Bertz CT molecular complexity index is 811. The Hall–Kier alpha value is -2.68. The number of ether oxygens (including phenoxy) is 6. The number of hydrogen-bond donors (Lipinski definition) is 0. The number of hydrogen-bond acceptors (Lipinski definition) is 11.